The van der Waals surface area contributed by atoms with Crippen molar-refractivity contribution in [1.29, 1.82) is 0 Å². The normalized spacial score (nSPS) is 12.9. The fraction of sp³-hybridized carbons (Fsp3) is 0.391. The lowest BCUT2D eigenvalue weighted by atomic mass is 10.1. The minimum atomic E-state index is -0.567. The van der Waals surface area contributed by atoms with Crippen molar-refractivity contribution >= 4 is 23.4 Å². The van der Waals surface area contributed by atoms with Gasteiger partial charge < -0.3 is 10.2 Å². The highest BCUT2D eigenvalue weighted by Crippen LogP contribution is 2.15. The molecule has 0 saturated heterocycles. The molecule has 150 valence electrons. The van der Waals surface area contributed by atoms with Gasteiger partial charge >= 0.3 is 0 Å². The summed E-state index contributed by atoms with van der Waals surface area (Å²) < 4.78 is 0. The predicted molar refractivity (Wildman–Crippen MR) is 114 cm³/mol. The molecule has 0 aliphatic heterocycles. The number of rotatable bonds is 8. The number of carbonyl (C=O) groups excluding carboxylic acids is 2. The average molecular weight is 401 g/mol. The van der Waals surface area contributed by atoms with Gasteiger partial charge in [-0.3, -0.25) is 9.59 Å². The van der Waals surface area contributed by atoms with Gasteiger partial charge in [-0.05, 0) is 50.5 Å². The number of aryl methyl sites for hydroxylation is 1. The number of carbonyl (C=O) groups is 2. The predicted octanol–water partition coefficient (Wildman–Crippen LogP) is 4.52. The molecule has 0 unspecified atom stereocenters. The molecule has 0 aliphatic rings. The van der Waals surface area contributed by atoms with Crippen molar-refractivity contribution in [3.63, 3.8) is 0 Å². The molecule has 0 radical (unpaired) electrons. The summed E-state index contributed by atoms with van der Waals surface area (Å²) in [5, 5.41) is 3.62. The first-order valence-corrected chi connectivity index (χ1v) is 10.1. The van der Waals surface area contributed by atoms with E-state index in [1.807, 2.05) is 57.2 Å². The largest absolute Gasteiger partial charge is 0.352 e. The number of hydrogen-bond donors (Lipinski definition) is 1. The highest BCUT2D eigenvalue weighted by atomic mass is 35.5. The van der Waals surface area contributed by atoms with E-state index in [0.717, 1.165) is 23.1 Å². The SMILES string of the molecule is CC[C@H](C)NC(=O)[C@H](C)N(Cc1ccc(Cl)cc1)C(=O)Cc1ccc(C)cc1. The Hall–Kier alpha value is -2.33. The summed E-state index contributed by atoms with van der Waals surface area (Å²) in [5.41, 5.74) is 3.02. The molecule has 2 aromatic rings. The van der Waals surface area contributed by atoms with E-state index in [2.05, 4.69) is 5.32 Å². The quantitative estimate of drug-likeness (QED) is 0.708. The Balaban J connectivity index is 2.20. The van der Waals surface area contributed by atoms with Gasteiger partial charge in [0.05, 0.1) is 6.42 Å². The standard InChI is InChI=1S/C23H29ClN2O2/c1-5-17(3)25-23(28)18(4)26(15-20-10-12-21(24)13-11-20)22(27)14-19-8-6-16(2)7-9-19/h6-13,17-18H,5,14-15H2,1-4H3,(H,25,28)/t17-,18-/m0/s1. The van der Waals surface area contributed by atoms with Gasteiger partial charge in [0.2, 0.25) is 11.8 Å². The van der Waals surface area contributed by atoms with Crippen LogP contribution in [0.15, 0.2) is 48.5 Å². The summed E-state index contributed by atoms with van der Waals surface area (Å²) in [5.74, 6) is -0.217. The van der Waals surface area contributed by atoms with Crippen LogP contribution >= 0.6 is 11.6 Å². The van der Waals surface area contributed by atoms with E-state index in [-0.39, 0.29) is 24.3 Å². The van der Waals surface area contributed by atoms with E-state index in [9.17, 15) is 9.59 Å². The Morgan fingerprint density at radius 1 is 1.00 bits per heavy atom. The van der Waals surface area contributed by atoms with Crippen molar-refractivity contribution in [3.8, 4) is 0 Å². The fourth-order valence-corrected chi connectivity index (χ4v) is 2.94. The molecule has 4 nitrogen and oxygen atoms in total. The second-order valence-electron chi connectivity index (χ2n) is 7.30. The number of hydrogen-bond acceptors (Lipinski definition) is 2. The minimum Gasteiger partial charge on any atom is -0.352 e. The molecular weight excluding hydrogens is 372 g/mol. The van der Waals surface area contributed by atoms with E-state index in [0.29, 0.717) is 11.6 Å². The zero-order valence-electron chi connectivity index (χ0n) is 17.0. The third kappa shape index (κ3) is 6.38. The Labute approximate surface area is 172 Å². The third-order valence-corrected chi connectivity index (χ3v) is 5.16. The maximum Gasteiger partial charge on any atom is 0.242 e. The molecule has 2 aromatic carbocycles. The van der Waals surface area contributed by atoms with Crippen LogP contribution in [0.25, 0.3) is 0 Å². The summed E-state index contributed by atoms with van der Waals surface area (Å²) in [4.78, 5) is 27.4. The van der Waals surface area contributed by atoms with Crippen LogP contribution in [-0.2, 0) is 22.6 Å². The molecule has 2 amide bonds. The molecule has 0 heterocycles. The molecule has 28 heavy (non-hydrogen) atoms. The zero-order chi connectivity index (χ0) is 20.7. The van der Waals surface area contributed by atoms with Crippen LogP contribution in [0, 0.1) is 6.92 Å². The maximum atomic E-state index is 13.1. The van der Waals surface area contributed by atoms with Crippen LogP contribution in [-0.4, -0.2) is 28.8 Å². The summed E-state index contributed by atoms with van der Waals surface area (Å²) in [6.45, 7) is 8.13. The Morgan fingerprint density at radius 2 is 1.57 bits per heavy atom. The van der Waals surface area contributed by atoms with Crippen molar-refractivity contribution in [2.24, 2.45) is 0 Å². The second-order valence-corrected chi connectivity index (χ2v) is 7.74. The highest BCUT2D eigenvalue weighted by molar-refractivity contribution is 6.30. The molecule has 0 saturated carbocycles. The summed E-state index contributed by atoms with van der Waals surface area (Å²) in [6.07, 6.45) is 1.10. The van der Waals surface area contributed by atoms with Crippen LogP contribution < -0.4 is 5.32 Å². The van der Waals surface area contributed by atoms with Crippen LogP contribution in [0.1, 0.15) is 43.9 Å². The number of nitrogens with zero attached hydrogens (tertiary/aromatic N) is 1. The average Bonchev–Trinajstić information content (AvgIpc) is 2.68. The molecule has 0 aromatic heterocycles. The Bertz CT molecular complexity index is 787. The number of benzene rings is 2. The first-order valence-electron chi connectivity index (χ1n) is 9.70. The number of nitrogens with one attached hydrogen (secondary N) is 1. The smallest absolute Gasteiger partial charge is 0.242 e. The van der Waals surface area contributed by atoms with Crippen LogP contribution in [0.3, 0.4) is 0 Å². The lowest BCUT2D eigenvalue weighted by molar-refractivity contribution is -0.140. The molecule has 2 atom stereocenters. The molecule has 1 N–H and O–H groups in total. The van der Waals surface area contributed by atoms with Gasteiger partial charge in [-0.2, -0.15) is 0 Å². The maximum absolute atomic E-state index is 13.1. The van der Waals surface area contributed by atoms with Crippen LogP contribution in [0.4, 0.5) is 0 Å². The van der Waals surface area contributed by atoms with Gasteiger partial charge in [0.25, 0.3) is 0 Å². The zero-order valence-corrected chi connectivity index (χ0v) is 17.8. The van der Waals surface area contributed by atoms with Crippen molar-refractivity contribution in [1.82, 2.24) is 10.2 Å². The molecule has 0 spiro atoms. The number of amides is 2. The van der Waals surface area contributed by atoms with E-state index in [4.69, 9.17) is 11.6 Å². The van der Waals surface area contributed by atoms with E-state index in [1.54, 1.807) is 24.0 Å². The first kappa shape index (κ1) is 22.0. The lowest BCUT2D eigenvalue weighted by Gasteiger charge is -2.30. The molecule has 0 fully saturated rings. The summed E-state index contributed by atoms with van der Waals surface area (Å²) in [6, 6.07) is 14.8. The topological polar surface area (TPSA) is 49.4 Å². The van der Waals surface area contributed by atoms with Crippen molar-refractivity contribution in [2.75, 3.05) is 0 Å². The van der Waals surface area contributed by atoms with Crippen LogP contribution in [0.2, 0.25) is 5.02 Å². The molecule has 0 bridgehead atoms. The van der Waals surface area contributed by atoms with Gasteiger partial charge in [0, 0.05) is 17.6 Å². The molecular formula is C23H29ClN2O2. The molecule has 0 aliphatic carbocycles. The van der Waals surface area contributed by atoms with Gasteiger partial charge in [0.1, 0.15) is 6.04 Å². The third-order valence-electron chi connectivity index (χ3n) is 4.91. The Morgan fingerprint density at radius 3 is 2.14 bits per heavy atom. The Kier molecular flexibility index (Phi) is 8.06. The highest BCUT2D eigenvalue weighted by Gasteiger charge is 2.26. The van der Waals surface area contributed by atoms with Gasteiger partial charge in [-0.15, -0.1) is 0 Å². The van der Waals surface area contributed by atoms with E-state index < -0.39 is 6.04 Å². The van der Waals surface area contributed by atoms with Crippen molar-refractivity contribution in [2.45, 2.75) is 59.2 Å². The van der Waals surface area contributed by atoms with Crippen LogP contribution in [0.5, 0.6) is 0 Å². The monoisotopic (exact) mass is 400 g/mol. The van der Waals surface area contributed by atoms with E-state index >= 15 is 0 Å². The van der Waals surface area contributed by atoms with Gasteiger partial charge in [-0.1, -0.05) is 60.5 Å². The van der Waals surface area contributed by atoms with E-state index in [1.165, 1.54) is 0 Å². The lowest BCUT2D eigenvalue weighted by Crippen LogP contribution is -2.49. The summed E-state index contributed by atoms with van der Waals surface area (Å²) >= 11 is 5.97. The van der Waals surface area contributed by atoms with Crippen molar-refractivity contribution < 1.29 is 9.59 Å². The first-order chi connectivity index (χ1) is 13.3. The fourth-order valence-electron chi connectivity index (χ4n) is 2.82. The number of halogens is 1. The molecule has 5 heteroatoms. The molecule has 2 rings (SSSR count). The van der Waals surface area contributed by atoms with Gasteiger partial charge in [-0.25, -0.2) is 0 Å². The van der Waals surface area contributed by atoms with Crippen molar-refractivity contribution in [3.05, 3.63) is 70.2 Å². The van der Waals surface area contributed by atoms with Gasteiger partial charge in [0.15, 0.2) is 0 Å². The second kappa shape index (κ2) is 10.3. The summed E-state index contributed by atoms with van der Waals surface area (Å²) in [7, 11) is 0. The minimum absolute atomic E-state index is 0.0690.